The van der Waals surface area contributed by atoms with E-state index in [0.717, 1.165) is 0 Å². The van der Waals surface area contributed by atoms with Gasteiger partial charge in [-0.15, -0.1) is 0 Å². The predicted molar refractivity (Wildman–Crippen MR) is 56.9 cm³/mol. The van der Waals surface area contributed by atoms with Crippen LogP contribution in [0.15, 0.2) is 0 Å². The van der Waals surface area contributed by atoms with Gasteiger partial charge in [0.05, 0.1) is 5.60 Å². The lowest BCUT2D eigenvalue weighted by molar-refractivity contribution is -0.0328. The van der Waals surface area contributed by atoms with E-state index in [1.807, 2.05) is 0 Å². The minimum atomic E-state index is -4.18. The quantitative estimate of drug-likeness (QED) is 0.729. The van der Waals surface area contributed by atoms with Crippen LogP contribution in [0.3, 0.4) is 0 Å². The molecule has 0 saturated heterocycles. The number of rotatable bonds is 5. The zero-order chi connectivity index (χ0) is 12.3. The molecule has 0 aliphatic carbocycles. The molecular weight excluding hydrogens is 227 g/mol. The minimum absolute atomic E-state index is 0.0526. The summed E-state index contributed by atoms with van der Waals surface area (Å²) in [5.41, 5.74) is -5.77. The van der Waals surface area contributed by atoms with Gasteiger partial charge in [0.15, 0.2) is 0 Å². The summed E-state index contributed by atoms with van der Waals surface area (Å²) >= 11 is -0.0592. The van der Waals surface area contributed by atoms with Crippen molar-refractivity contribution in [1.29, 1.82) is 0 Å². The lowest BCUT2D eigenvalue weighted by atomic mass is 9.86. The van der Waals surface area contributed by atoms with Crippen molar-refractivity contribution in [2.75, 3.05) is 12.3 Å². The zero-order valence-corrected chi connectivity index (χ0v) is 10.2. The van der Waals surface area contributed by atoms with Crippen molar-refractivity contribution >= 4 is 11.8 Å². The van der Waals surface area contributed by atoms with Gasteiger partial charge in [-0.05, 0) is 39.5 Å². The lowest BCUT2D eigenvalue weighted by Gasteiger charge is -2.38. The highest BCUT2D eigenvalue weighted by molar-refractivity contribution is 8.00. The van der Waals surface area contributed by atoms with Gasteiger partial charge in [-0.1, -0.05) is 0 Å². The van der Waals surface area contributed by atoms with Gasteiger partial charge in [0.2, 0.25) is 0 Å². The maximum Gasteiger partial charge on any atom is 0.441 e. The van der Waals surface area contributed by atoms with E-state index in [2.05, 4.69) is 5.32 Å². The van der Waals surface area contributed by atoms with Crippen molar-refractivity contribution in [2.45, 2.75) is 44.3 Å². The summed E-state index contributed by atoms with van der Waals surface area (Å²) in [6.07, 6.45) is 0. The Balaban J connectivity index is 3.87. The number of thioether (sulfide) groups is 1. The first-order valence-corrected chi connectivity index (χ1v) is 5.62. The van der Waals surface area contributed by atoms with Gasteiger partial charge in [0, 0.05) is 17.8 Å². The van der Waals surface area contributed by atoms with Crippen molar-refractivity contribution in [3.63, 3.8) is 0 Å². The first-order valence-electron chi connectivity index (χ1n) is 4.64. The molecule has 0 unspecified atom stereocenters. The second-order valence-corrected chi connectivity index (χ2v) is 5.56. The Hall–Kier alpha value is 0.0600. The van der Waals surface area contributed by atoms with Gasteiger partial charge in [0.1, 0.15) is 0 Å². The summed E-state index contributed by atoms with van der Waals surface area (Å²) in [4.78, 5) is 0. The highest BCUT2D eigenvalue weighted by atomic mass is 32.2. The molecule has 0 saturated carbocycles. The second kappa shape index (κ2) is 4.93. The molecule has 0 amide bonds. The summed E-state index contributed by atoms with van der Waals surface area (Å²) < 4.78 is 35.4. The van der Waals surface area contributed by atoms with Crippen LogP contribution in [0, 0.1) is 0 Å². The van der Waals surface area contributed by atoms with Crippen molar-refractivity contribution in [3.8, 4) is 0 Å². The van der Waals surface area contributed by atoms with Crippen LogP contribution in [0.5, 0.6) is 0 Å². The number of hydrogen-bond acceptors (Lipinski definition) is 3. The fraction of sp³-hybridized carbons (Fsp3) is 1.00. The van der Waals surface area contributed by atoms with Gasteiger partial charge in [-0.2, -0.15) is 13.2 Å². The molecule has 0 aliphatic rings. The molecule has 15 heavy (non-hydrogen) atoms. The summed E-state index contributed by atoms with van der Waals surface area (Å²) in [6, 6.07) is 0. The average molecular weight is 245 g/mol. The Morgan fingerprint density at radius 1 is 1.13 bits per heavy atom. The summed E-state index contributed by atoms with van der Waals surface area (Å²) in [6.45, 7) is 6.96. The molecule has 0 aliphatic heterocycles. The normalized spacial score (nSPS) is 14.4. The lowest BCUT2D eigenvalue weighted by Crippen LogP contribution is -2.56. The maximum atomic E-state index is 11.8. The molecule has 0 atom stereocenters. The van der Waals surface area contributed by atoms with Crippen molar-refractivity contribution in [1.82, 2.24) is 5.32 Å². The van der Waals surface area contributed by atoms with E-state index in [1.165, 1.54) is 0 Å². The monoisotopic (exact) mass is 245 g/mol. The number of alkyl halides is 3. The topological polar surface area (TPSA) is 32.3 Å². The Morgan fingerprint density at radius 3 is 1.93 bits per heavy atom. The fourth-order valence-electron chi connectivity index (χ4n) is 0.747. The molecular formula is C9H18F3NOS. The van der Waals surface area contributed by atoms with Crippen LogP contribution in [0.1, 0.15) is 27.7 Å². The highest BCUT2D eigenvalue weighted by Crippen LogP contribution is 2.29. The largest absolute Gasteiger partial charge is 0.441 e. The molecule has 0 heterocycles. The van der Waals surface area contributed by atoms with E-state index in [-0.39, 0.29) is 24.1 Å². The molecule has 6 heteroatoms. The van der Waals surface area contributed by atoms with Gasteiger partial charge < -0.3 is 10.4 Å². The van der Waals surface area contributed by atoms with E-state index in [1.54, 1.807) is 27.7 Å². The standard InChI is InChI=1S/C9H18F3NOS/c1-7(2,8(3,4)14)13-5-6-15-9(10,11)12/h13-14H,5-6H2,1-4H3. The Kier molecular flexibility index (Phi) is 4.95. The molecule has 0 aromatic rings. The van der Waals surface area contributed by atoms with Gasteiger partial charge >= 0.3 is 5.51 Å². The predicted octanol–water partition coefficient (Wildman–Crippen LogP) is 2.38. The smallest absolute Gasteiger partial charge is 0.389 e. The maximum absolute atomic E-state index is 11.8. The third-order valence-corrected chi connectivity index (χ3v) is 3.20. The van der Waals surface area contributed by atoms with E-state index >= 15 is 0 Å². The van der Waals surface area contributed by atoms with Crippen LogP contribution in [0.4, 0.5) is 13.2 Å². The molecule has 0 bridgehead atoms. The summed E-state index contributed by atoms with van der Waals surface area (Å²) in [5.74, 6) is -0.0526. The van der Waals surface area contributed by atoms with Crippen LogP contribution in [-0.4, -0.2) is 34.1 Å². The van der Waals surface area contributed by atoms with Gasteiger partial charge in [-0.3, -0.25) is 0 Å². The third-order valence-electron chi connectivity index (χ3n) is 2.46. The van der Waals surface area contributed by atoms with E-state index in [4.69, 9.17) is 0 Å². The summed E-state index contributed by atoms with van der Waals surface area (Å²) in [7, 11) is 0. The van der Waals surface area contributed by atoms with Crippen LogP contribution in [-0.2, 0) is 0 Å². The average Bonchev–Trinajstić information content (AvgIpc) is 1.94. The molecule has 0 spiro atoms. The molecule has 0 radical (unpaired) electrons. The Morgan fingerprint density at radius 2 is 1.60 bits per heavy atom. The minimum Gasteiger partial charge on any atom is -0.389 e. The molecule has 0 rings (SSSR count). The van der Waals surface area contributed by atoms with Crippen LogP contribution in [0.25, 0.3) is 0 Å². The van der Waals surface area contributed by atoms with Crippen LogP contribution in [0.2, 0.25) is 0 Å². The van der Waals surface area contributed by atoms with Crippen molar-refractivity contribution in [2.24, 2.45) is 0 Å². The first kappa shape index (κ1) is 15.1. The molecule has 92 valence electrons. The van der Waals surface area contributed by atoms with E-state index in [9.17, 15) is 18.3 Å². The molecule has 0 aromatic carbocycles. The van der Waals surface area contributed by atoms with Crippen LogP contribution < -0.4 is 5.32 Å². The van der Waals surface area contributed by atoms with Gasteiger partial charge in [-0.25, -0.2) is 0 Å². The zero-order valence-electron chi connectivity index (χ0n) is 9.40. The van der Waals surface area contributed by atoms with E-state index in [0.29, 0.717) is 0 Å². The van der Waals surface area contributed by atoms with Crippen molar-refractivity contribution < 1.29 is 18.3 Å². The van der Waals surface area contributed by atoms with E-state index < -0.39 is 16.6 Å². The number of nitrogens with one attached hydrogen (secondary N) is 1. The molecule has 0 fully saturated rings. The number of aliphatic hydroxyl groups is 1. The first-order chi connectivity index (χ1) is 6.46. The van der Waals surface area contributed by atoms with Gasteiger partial charge in [0.25, 0.3) is 0 Å². The third kappa shape index (κ3) is 6.27. The second-order valence-electron chi connectivity index (χ2n) is 4.40. The Bertz CT molecular complexity index is 199. The Labute approximate surface area is 92.6 Å². The number of halogens is 3. The number of hydrogen-bond donors (Lipinski definition) is 2. The fourth-order valence-corrected chi connectivity index (χ4v) is 1.18. The summed E-state index contributed by atoms with van der Waals surface area (Å²) in [5, 5.41) is 12.6. The van der Waals surface area contributed by atoms with Crippen molar-refractivity contribution in [3.05, 3.63) is 0 Å². The molecule has 2 nitrogen and oxygen atoms in total. The molecule has 0 aromatic heterocycles. The molecule has 2 N–H and O–H groups in total. The van der Waals surface area contributed by atoms with Crippen LogP contribution >= 0.6 is 11.8 Å². The SMILES string of the molecule is CC(C)(O)C(C)(C)NCCSC(F)(F)F. The highest BCUT2D eigenvalue weighted by Gasteiger charge is 2.34.